The van der Waals surface area contributed by atoms with E-state index in [4.69, 9.17) is 9.15 Å². The monoisotopic (exact) mass is 245 g/mol. The van der Waals surface area contributed by atoms with E-state index in [-0.39, 0.29) is 5.76 Å². The molecule has 0 saturated carbocycles. The highest BCUT2D eigenvalue weighted by Crippen LogP contribution is 2.31. The summed E-state index contributed by atoms with van der Waals surface area (Å²) in [5.74, 6) is 1.57. The Bertz CT molecular complexity index is 599. The van der Waals surface area contributed by atoms with Crippen LogP contribution in [0.4, 0.5) is 0 Å². The predicted octanol–water partition coefficient (Wildman–Crippen LogP) is 3.09. The van der Waals surface area contributed by atoms with Gasteiger partial charge < -0.3 is 9.15 Å². The number of carbonyl (C=O) groups excluding carboxylic acids is 1. The van der Waals surface area contributed by atoms with Gasteiger partial charge >= 0.3 is 0 Å². The average molecular weight is 245 g/mol. The highest BCUT2D eigenvalue weighted by Gasteiger charge is 2.16. The Labute approximate surface area is 106 Å². The number of hydrogen-bond acceptors (Lipinski definition) is 4. The Balaban J connectivity index is 2.63. The smallest absolute Gasteiger partial charge is 0.195 e. The molecule has 1 heterocycles. The zero-order chi connectivity index (χ0) is 13.3. The number of aryl methyl sites for hydroxylation is 3. The van der Waals surface area contributed by atoms with Crippen molar-refractivity contribution in [3.05, 3.63) is 34.9 Å². The van der Waals surface area contributed by atoms with Gasteiger partial charge in [-0.1, -0.05) is 0 Å². The zero-order valence-electron chi connectivity index (χ0n) is 10.9. The van der Waals surface area contributed by atoms with Gasteiger partial charge in [-0.3, -0.25) is 4.79 Å². The molecular formula is C14H15NO3. The molecule has 0 bridgehead atoms. The van der Waals surface area contributed by atoms with Crippen molar-refractivity contribution in [1.82, 2.24) is 4.98 Å². The Morgan fingerprint density at radius 2 is 1.94 bits per heavy atom. The van der Waals surface area contributed by atoms with Crippen LogP contribution < -0.4 is 4.74 Å². The number of ether oxygens (including phenoxy) is 1. The van der Waals surface area contributed by atoms with Gasteiger partial charge in [0, 0.05) is 12.5 Å². The number of nitrogens with zero attached hydrogens (tertiary/aromatic N) is 1. The summed E-state index contributed by atoms with van der Waals surface area (Å²) < 4.78 is 10.5. The number of benzene rings is 1. The van der Waals surface area contributed by atoms with Crippen molar-refractivity contribution in [3.8, 4) is 17.0 Å². The molecule has 1 aromatic heterocycles. The third kappa shape index (κ3) is 2.01. The van der Waals surface area contributed by atoms with Crippen molar-refractivity contribution in [2.75, 3.05) is 7.11 Å². The molecule has 0 aliphatic carbocycles. The summed E-state index contributed by atoms with van der Waals surface area (Å²) in [5, 5.41) is 0. The standard InChI is InChI=1S/C14H15NO3/c1-8-6-12(17-4)9(2)5-11(8)14-13(7-16)18-10(3)15-14/h5-7H,1-4H3. The average Bonchev–Trinajstić information content (AvgIpc) is 2.72. The van der Waals surface area contributed by atoms with Gasteiger partial charge in [0.15, 0.2) is 17.9 Å². The van der Waals surface area contributed by atoms with E-state index in [1.807, 2.05) is 26.0 Å². The van der Waals surface area contributed by atoms with Gasteiger partial charge in [-0.05, 0) is 37.1 Å². The van der Waals surface area contributed by atoms with E-state index < -0.39 is 0 Å². The Hall–Kier alpha value is -2.10. The second-order valence-electron chi connectivity index (χ2n) is 4.20. The molecule has 0 unspecified atom stereocenters. The Kier molecular flexibility index (Phi) is 3.19. The number of methoxy groups -OCH3 is 1. The number of aromatic nitrogens is 1. The van der Waals surface area contributed by atoms with Gasteiger partial charge in [0.1, 0.15) is 11.4 Å². The molecular weight excluding hydrogens is 230 g/mol. The van der Waals surface area contributed by atoms with E-state index in [0.29, 0.717) is 17.9 Å². The lowest BCUT2D eigenvalue weighted by Crippen LogP contribution is -1.93. The highest BCUT2D eigenvalue weighted by atomic mass is 16.5. The molecule has 2 rings (SSSR count). The number of aldehydes is 1. The minimum atomic E-state index is 0.264. The fraction of sp³-hybridized carbons (Fsp3) is 0.286. The molecule has 18 heavy (non-hydrogen) atoms. The first-order valence-electron chi connectivity index (χ1n) is 5.65. The predicted molar refractivity (Wildman–Crippen MR) is 68.1 cm³/mol. The molecule has 0 aliphatic heterocycles. The van der Waals surface area contributed by atoms with Crippen molar-refractivity contribution in [1.29, 1.82) is 0 Å². The van der Waals surface area contributed by atoms with Crippen LogP contribution in [0.15, 0.2) is 16.5 Å². The SMILES string of the molecule is COc1cc(C)c(-c2nc(C)oc2C=O)cc1C. The van der Waals surface area contributed by atoms with E-state index in [0.717, 1.165) is 22.4 Å². The van der Waals surface area contributed by atoms with E-state index in [1.165, 1.54) is 0 Å². The van der Waals surface area contributed by atoms with Crippen LogP contribution in [0.1, 0.15) is 27.6 Å². The maximum absolute atomic E-state index is 11.0. The third-order valence-electron chi connectivity index (χ3n) is 2.86. The molecule has 94 valence electrons. The van der Waals surface area contributed by atoms with E-state index in [9.17, 15) is 4.79 Å². The van der Waals surface area contributed by atoms with E-state index >= 15 is 0 Å². The molecule has 4 nitrogen and oxygen atoms in total. The summed E-state index contributed by atoms with van der Waals surface area (Å²) in [6, 6.07) is 3.89. The summed E-state index contributed by atoms with van der Waals surface area (Å²) in [6.07, 6.45) is 0.689. The van der Waals surface area contributed by atoms with Gasteiger partial charge in [0.25, 0.3) is 0 Å². The molecule has 0 fully saturated rings. The van der Waals surface area contributed by atoms with Gasteiger partial charge in [-0.2, -0.15) is 0 Å². The topological polar surface area (TPSA) is 52.3 Å². The zero-order valence-corrected chi connectivity index (χ0v) is 10.9. The van der Waals surface area contributed by atoms with Crippen LogP contribution in [0, 0.1) is 20.8 Å². The summed E-state index contributed by atoms with van der Waals surface area (Å²) in [6.45, 7) is 5.63. The molecule has 0 atom stereocenters. The summed E-state index contributed by atoms with van der Waals surface area (Å²) in [5.41, 5.74) is 3.47. The fourth-order valence-corrected chi connectivity index (χ4v) is 1.98. The molecule has 0 aliphatic rings. The first-order valence-corrected chi connectivity index (χ1v) is 5.65. The van der Waals surface area contributed by atoms with Crippen LogP contribution in [0.25, 0.3) is 11.3 Å². The lowest BCUT2D eigenvalue weighted by atomic mass is 10.0. The maximum Gasteiger partial charge on any atom is 0.195 e. The van der Waals surface area contributed by atoms with Crippen molar-refractivity contribution in [2.24, 2.45) is 0 Å². The molecule has 1 aromatic carbocycles. The van der Waals surface area contributed by atoms with Gasteiger partial charge in [0.05, 0.1) is 7.11 Å². The van der Waals surface area contributed by atoms with Gasteiger partial charge in [-0.15, -0.1) is 0 Å². The van der Waals surface area contributed by atoms with Crippen molar-refractivity contribution in [3.63, 3.8) is 0 Å². The fourth-order valence-electron chi connectivity index (χ4n) is 1.98. The highest BCUT2D eigenvalue weighted by molar-refractivity contribution is 5.83. The lowest BCUT2D eigenvalue weighted by molar-refractivity contribution is 0.110. The molecule has 0 saturated heterocycles. The summed E-state index contributed by atoms with van der Waals surface area (Å²) in [4.78, 5) is 15.2. The van der Waals surface area contributed by atoms with Gasteiger partial charge in [-0.25, -0.2) is 4.98 Å². The molecule has 0 N–H and O–H groups in total. The van der Waals surface area contributed by atoms with Gasteiger partial charge in [0.2, 0.25) is 0 Å². The Morgan fingerprint density at radius 3 is 2.56 bits per heavy atom. The summed E-state index contributed by atoms with van der Waals surface area (Å²) in [7, 11) is 1.64. The first kappa shape index (κ1) is 12.4. The van der Waals surface area contributed by atoms with E-state index in [1.54, 1.807) is 14.0 Å². The first-order chi connectivity index (χ1) is 8.56. The van der Waals surface area contributed by atoms with Crippen LogP contribution in [-0.4, -0.2) is 18.4 Å². The van der Waals surface area contributed by atoms with Crippen molar-refractivity contribution < 1.29 is 13.9 Å². The lowest BCUT2D eigenvalue weighted by Gasteiger charge is -2.09. The van der Waals surface area contributed by atoms with Crippen LogP contribution in [-0.2, 0) is 0 Å². The van der Waals surface area contributed by atoms with Crippen LogP contribution in [0.2, 0.25) is 0 Å². The second kappa shape index (κ2) is 4.64. The minimum absolute atomic E-state index is 0.264. The quantitative estimate of drug-likeness (QED) is 0.780. The molecule has 0 amide bonds. The maximum atomic E-state index is 11.0. The van der Waals surface area contributed by atoms with E-state index in [2.05, 4.69) is 4.98 Å². The van der Waals surface area contributed by atoms with Crippen molar-refractivity contribution in [2.45, 2.75) is 20.8 Å². The third-order valence-corrected chi connectivity index (χ3v) is 2.86. The molecule has 0 spiro atoms. The number of rotatable bonds is 3. The summed E-state index contributed by atoms with van der Waals surface area (Å²) >= 11 is 0. The normalized spacial score (nSPS) is 10.4. The molecule has 0 radical (unpaired) electrons. The van der Waals surface area contributed by atoms with Crippen LogP contribution in [0.3, 0.4) is 0 Å². The minimum Gasteiger partial charge on any atom is -0.496 e. The van der Waals surface area contributed by atoms with Crippen molar-refractivity contribution >= 4 is 6.29 Å². The number of oxazole rings is 1. The Morgan fingerprint density at radius 1 is 1.22 bits per heavy atom. The largest absolute Gasteiger partial charge is 0.496 e. The number of carbonyl (C=O) groups is 1. The molecule has 2 aromatic rings. The number of hydrogen-bond donors (Lipinski definition) is 0. The second-order valence-corrected chi connectivity index (χ2v) is 4.20. The van der Waals surface area contributed by atoms with Crippen LogP contribution in [0.5, 0.6) is 5.75 Å². The molecule has 4 heteroatoms. The van der Waals surface area contributed by atoms with Crippen LogP contribution >= 0.6 is 0 Å².